The number of fused-ring (bicyclic) bond motifs is 1. The van der Waals surface area contributed by atoms with E-state index in [1.807, 2.05) is 24.3 Å². The summed E-state index contributed by atoms with van der Waals surface area (Å²) in [5, 5.41) is 3.15. The predicted molar refractivity (Wildman–Crippen MR) is 63.7 cm³/mol. The maximum absolute atomic E-state index is 5.88. The number of imidazole rings is 1. The van der Waals surface area contributed by atoms with Gasteiger partial charge in [0.15, 0.2) is 0 Å². The second-order valence-electron chi connectivity index (χ2n) is 3.26. The molecular weight excluding hydrogens is 212 g/mol. The van der Waals surface area contributed by atoms with Crippen LogP contribution in [-0.4, -0.2) is 22.1 Å². The maximum atomic E-state index is 5.88. The Morgan fingerprint density at radius 2 is 2.20 bits per heavy atom. The number of benzene rings is 1. The highest BCUT2D eigenvalue weighted by atomic mass is 35.5. The van der Waals surface area contributed by atoms with E-state index in [9.17, 15) is 0 Å². The second kappa shape index (κ2) is 4.40. The van der Waals surface area contributed by atoms with Crippen LogP contribution in [0, 0.1) is 0 Å². The normalized spacial score (nSPS) is 10.7. The first-order valence-electron chi connectivity index (χ1n) is 4.85. The molecule has 1 aromatic heterocycles. The van der Waals surface area contributed by atoms with E-state index in [4.69, 9.17) is 17.4 Å². The van der Waals surface area contributed by atoms with Gasteiger partial charge in [-0.15, -0.1) is 11.6 Å². The highest BCUT2D eigenvalue weighted by Crippen LogP contribution is 2.15. The van der Waals surface area contributed by atoms with E-state index in [1.54, 1.807) is 4.68 Å². The summed E-state index contributed by atoms with van der Waals surface area (Å²) in [4.78, 5) is 4.37. The third-order valence-corrected chi connectivity index (χ3v) is 2.46. The molecule has 3 N–H and O–H groups in total. The first-order chi connectivity index (χ1) is 7.33. The molecule has 1 heterocycles. The molecule has 5 heteroatoms. The van der Waals surface area contributed by atoms with E-state index < -0.39 is 0 Å². The molecule has 0 atom stereocenters. The van der Waals surface area contributed by atoms with Crippen molar-refractivity contribution < 1.29 is 0 Å². The van der Waals surface area contributed by atoms with Gasteiger partial charge in [0.2, 0.25) is 5.95 Å². The van der Waals surface area contributed by atoms with Crippen molar-refractivity contribution in [1.82, 2.24) is 9.66 Å². The fraction of sp³-hybridized carbons (Fsp3) is 0.300. The van der Waals surface area contributed by atoms with Gasteiger partial charge in [-0.2, -0.15) is 0 Å². The molecule has 0 spiro atoms. The predicted octanol–water partition coefficient (Wildman–Crippen LogP) is 1.79. The molecule has 0 aliphatic rings. The Hall–Kier alpha value is -1.42. The van der Waals surface area contributed by atoms with Gasteiger partial charge < -0.3 is 11.2 Å². The number of nitrogens with two attached hydrogens (primary N) is 1. The molecule has 2 aromatic rings. The zero-order chi connectivity index (χ0) is 10.7. The summed E-state index contributed by atoms with van der Waals surface area (Å²) in [6.45, 7) is 0.782. The number of nitrogens with zero attached hydrogens (tertiary/aromatic N) is 2. The minimum atomic E-state index is 0.637. The van der Waals surface area contributed by atoms with Crippen molar-refractivity contribution in [2.75, 3.05) is 23.6 Å². The molecule has 0 amide bonds. The quantitative estimate of drug-likeness (QED) is 0.473. The van der Waals surface area contributed by atoms with Gasteiger partial charge in [-0.25, -0.2) is 9.66 Å². The number of hydrogen-bond acceptors (Lipinski definition) is 3. The molecule has 4 nitrogen and oxygen atoms in total. The van der Waals surface area contributed by atoms with E-state index in [-0.39, 0.29) is 0 Å². The summed E-state index contributed by atoms with van der Waals surface area (Å²) < 4.78 is 1.56. The first kappa shape index (κ1) is 10.1. The van der Waals surface area contributed by atoms with Gasteiger partial charge in [0.1, 0.15) is 0 Å². The van der Waals surface area contributed by atoms with Crippen molar-refractivity contribution in [3.8, 4) is 0 Å². The Morgan fingerprint density at radius 1 is 1.40 bits per heavy atom. The fourth-order valence-corrected chi connectivity index (χ4v) is 1.57. The lowest BCUT2D eigenvalue weighted by molar-refractivity contribution is 0.935. The monoisotopic (exact) mass is 224 g/mol. The molecule has 0 fully saturated rings. The van der Waals surface area contributed by atoms with Gasteiger partial charge in [0.05, 0.1) is 11.0 Å². The van der Waals surface area contributed by atoms with Crippen molar-refractivity contribution >= 4 is 28.6 Å². The molecule has 80 valence electrons. The average molecular weight is 225 g/mol. The van der Waals surface area contributed by atoms with Crippen LogP contribution in [0.4, 0.5) is 5.95 Å². The Bertz CT molecular complexity index is 452. The molecule has 0 bridgehead atoms. The van der Waals surface area contributed by atoms with Crippen molar-refractivity contribution in [2.45, 2.75) is 6.42 Å². The van der Waals surface area contributed by atoms with Crippen molar-refractivity contribution in [3.05, 3.63) is 24.3 Å². The Balaban J connectivity index is 2.24. The summed E-state index contributed by atoms with van der Waals surface area (Å²) in [5.74, 6) is 7.20. The lowest BCUT2D eigenvalue weighted by Gasteiger charge is -2.03. The number of rotatable bonds is 4. The minimum absolute atomic E-state index is 0.637. The molecule has 0 unspecified atom stereocenters. The van der Waals surface area contributed by atoms with E-state index in [1.165, 1.54) is 0 Å². The zero-order valence-corrected chi connectivity index (χ0v) is 9.04. The summed E-state index contributed by atoms with van der Waals surface area (Å²) in [7, 11) is 0. The van der Waals surface area contributed by atoms with E-state index >= 15 is 0 Å². The van der Waals surface area contributed by atoms with Crippen LogP contribution in [0.2, 0.25) is 0 Å². The van der Waals surface area contributed by atoms with Gasteiger partial charge in [0, 0.05) is 12.4 Å². The average Bonchev–Trinajstić information content (AvgIpc) is 2.57. The van der Waals surface area contributed by atoms with Crippen LogP contribution < -0.4 is 11.2 Å². The van der Waals surface area contributed by atoms with Crippen LogP contribution in [0.15, 0.2) is 24.3 Å². The lowest BCUT2D eigenvalue weighted by atomic mass is 10.3. The number of nitrogens with one attached hydrogen (secondary N) is 1. The molecule has 0 saturated heterocycles. The van der Waals surface area contributed by atoms with Gasteiger partial charge in [-0.1, -0.05) is 12.1 Å². The van der Waals surface area contributed by atoms with Crippen molar-refractivity contribution in [3.63, 3.8) is 0 Å². The van der Waals surface area contributed by atoms with Gasteiger partial charge >= 0.3 is 0 Å². The van der Waals surface area contributed by atoms with Gasteiger partial charge in [-0.3, -0.25) is 0 Å². The highest BCUT2D eigenvalue weighted by molar-refractivity contribution is 6.17. The van der Waals surface area contributed by atoms with Crippen molar-refractivity contribution in [2.24, 2.45) is 0 Å². The second-order valence-corrected chi connectivity index (χ2v) is 3.64. The lowest BCUT2D eigenvalue weighted by Crippen LogP contribution is -2.14. The van der Waals surface area contributed by atoms with Crippen LogP contribution >= 0.6 is 11.6 Å². The molecule has 2 rings (SSSR count). The zero-order valence-electron chi connectivity index (χ0n) is 8.28. The SMILES string of the molecule is Nn1c(NCCCCl)nc2ccccc21. The van der Waals surface area contributed by atoms with E-state index in [0.29, 0.717) is 11.8 Å². The molecule has 0 aliphatic carbocycles. The number of para-hydroxylation sites is 2. The van der Waals surface area contributed by atoms with Crippen LogP contribution in [0.3, 0.4) is 0 Å². The minimum Gasteiger partial charge on any atom is -0.354 e. The molecule has 0 aliphatic heterocycles. The van der Waals surface area contributed by atoms with Crippen LogP contribution in [0.25, 0.3) is 11.0 Å². The molecular formula is C10H13ClN4. The van der Waals surface area contributed by atoms with Gasteiger partial charge in [-0.05, 0) is 18.6 Å². The van der Waals surface area contributed by atoms with E-state index in [0.717, 1.165) is 24.0 Å². The maximum Gasteiger partial charge on any atom is 0.222 e. The van der Waals surface area contributed by atoms with Crippen LogP contribution in [0.1, 0.15) is 6.42 Å². The number of alkyl halides is 1. The number of aromatic nitrogens is 2. The Kier molecular flexibility index (Phi) is 2.97. The summed E-state index contributed by atoms with van der Waals surface area (Å²) in [6.07, 6.45) is 0.894. The summed E-state index contributed by atoms with van der Waals surface area (Å²) in [5.41, 5.74) is 1.82. The fourth-order valence-electron chi connectivity index (χ4n) is 1.44. The van der Waals surface area contributed by atoms with Gasteiger partial charge in [0.25, 0.3) is 0 Å². The molecule has 0 saturated carbocycles. The molecule has 0 radical (unpaired) electrons. The number of halogens is 1. The molecule has 15 heavy (non-hydrogen) atoms. The number of anilines is 1. The highest BCUT2D eigenvalue weighted by Gasteiger charge is 2.05. The number of nitrogen functional groups attached to an aromatic ring is 1. The topological polar surface area (TPSA) is 55.9 Å². The van der Waals surface area contributed by atoms with E-state index in [2.05, 4.69) is 10.3 Å². The summed E-state index contributed by atoms with van der Waals surface area (Å²) in [6, 6.07) is 7.76. The Labute approximate surface area is 93.0 Å². The third-order valence-electron chi connectivity index (χ3n) is 2.19. The third kappa shape index (κ3) is 1.99. The largest absolute Gasteiger partial charge is 0.354 e. The molecule has 1 aromatic carbocycles. The number of hydrogen-bond donors (Lipinski definition) is 2. The Morgan fingerprint density at radius 3 is 2.93 bits per heavy atom. The standard InChI is InChI=1S/C10H13ClN4/c11-6-3-7-13-10-14-8-4-1-2-5-9(8)15(10)12/h1-2,4-5H,3,6-7,12H2,(H,13,14). The van der Waals surface area contributed by atoms with Crippen LogP contribution in [-0.2, 0) is 0 Å². The smallest absolute Gasteiger partial charge is 0.222 e. The van der Waals surface area contributed by atoms with Crippen molar-refractivity contribution in [1.29, 1.82) is 0 Å². The first-order valence-corrected chi connectivity index (χ1v) is 5.39. The van der Waals surface area contributed by atoms with Crippen LogP contribution in [0.5, 0.6) is 0 Å². The summed E-state index contributed by atoms with van der Waals surface area (Å²) >= 11 is 5.59.